The van der Waals surface area contributed by atoms with E-state index in [1.54, 1.807) is 13.2 Å². The van der Waals surface area contributed by atoms with Gasteiger partial charge in [0.05, 0.1) is 19.8 Å². The molecule has 0 amide bonds. The van der Waals surface area contributed by atoms with Gasteiger partial charge in [-0.1, -0.05) is 6.08 Å². The van der Waals surface area contributed by atoms with E-state index < -0.39 is 0 Å². The van der Waals surface area contributed by atoms with Crippen LogP contribution in [0.4, 0.5) is 0 Å². The first-order valence-electron chi connectivity index (χ1n) is 4.14. The van der Waals surface area contributed by atoms with Crippen LogP contribution < -0.4 is 0 Å². The summed E-state index contributed by atoms with van der Waals surface area (Å²) in [5.41, 5.74) is 0. The smallest absolute Gasteiger partial charge is 0.104 e. The van der Waals surface area contributed by atoms with Gasteiger partial charge in [-0.05, 0) is 6.92 Å². The van der Waals surface area contributed by atoms with E-state index in [0.29, 0.717) is 26.4 Å². The lowest BCUT2D eigenvalue weighted by molar-refractivity contribution is -0.0398. The van der Waals surface area contributed by atoms with Crippen LogP contribution in [0.2, 0.25) is 0 Å². The van der Waals surface area contributed by atoms with Gasteiger partial charge in [-0.2, -0.15) is 0 Å². The zero-order valence-corrected chi connectivity index (χ0v) is 7.91. The lowest BCUT2D eigenvalue weighted by Crippen LogP contribution is -2.25. The van der Waals surface area contributed by atoms with Crippen molar-refractivity contribution in [1.29, 1.82) is 0 Å². The molecule has 0 aliphatic heterocycles. The van der Waals surface area contributed by atoms with Crippen molar-refractivity contribution >= 4 is 0 Å². The van der Waals surface area contributed by atoms with Crippen molar-refractivity contribution in [2.24, 2.45) is 0 Å². The molecule has 0 heterocycles. The molecule has 0 spiro atoms. The van der Waals surface area contributed by atoms with Crippen LogP contribution in [0.25, 0.3) is 0 Å². The van der Waals surface area contributed by atoms with Crippen molar-refractivity contribution in [1.82, 2.24) is 0 Å². The Kier molecular flexibility index (Phi) is 8.44. The lowest BCUT2D eigenvalue weighted by atomic mass is 10.4. The number of hydrogen-bond acceptors (Lipinski definition) is 3. The average Bonchev–Trinajstić information content (AvgIpc) is 2.10. The highest BCUT2D eigenvalue weighted by Gasteiger charge is 2.06. The van der Waals surface area contributed by atoms with Crippen molar-refractivity contribution in [3.05, 3.63) is 12.7 Å². The molecule has 0 rings (SSSR count). The summed E-state index contributed by atoms with van der Waals surface area (Å²) in [6.45, 7) is 7.92. The molecule has 0 aromatic heterocycles. The van der Waals surface area contributed by atoms with Crippen molar-refractivity contribution in [2.45, 2.75) is 13.0 Å². The lowest BCUT2D eigenvalue weighted by Gasteiger charge is -2.15. The average molecular weight is 174 g/mol. The Bertz CT molecular complexity index is 104. The van der Waals surface area contributed by atoms with Crippen LogP contribution in [0.15, 0.2) is 12.7 Å². The van der Waals surface area contributed by atoms with Gasteiger partial charge in [-0.25, -0.2) is 0 Å². The van der Waals surface area contributed by atoms with Crippen molar-refractivity contribution in [3.63, 3.8) is 0 Å². The highest BCUT2D eigenvalue weighted by Crippen LogP contribution is 1.94. The number of rotatable bonds is 8. The van der Waals surface area contributed by atoms with Gasteiger partial charge < -0.3 is 14.2 Å². The Labute approximate surface area is 74.3 Å². The molecule has 0 aliphatic rings. The van der Waals surface area contributed by atoms with Gasteiger partial charge in [0.1, 0.15) is 6.10 Å². The van der Waals surface area contributed by atoms with E-state index >= 15 is 0 Å². The maximum Gasteiger partial charge on any atom is 0.104 e. The van der Waals surface area contributed by atoms with Crippen LogP contribution in [0, 0.1) is 0 Å². The highest BCUT2D eigenvalue weighted by molar-refractivity contribution is 4.66. The fraction of sp³-hybridized carbons (Fsp3) is 0.778. The second-order valence-electron chi connectivity index (χ2n) is 2.36. The zero-order valence-electron chi connectivity index (χ0n) is 7.91. The largest absolute Gasteiger partial charge is 0.382 e. The van der Waals surface area contributed by atoms with Crippen molar-refractivity contribution in [2.75, 3.05) is 33.5 Å². The van der Waals surface area contributed by atoms with Crippen LogP contribution in [0.5, 0.6) is 0 Å². The van der Waals surface area contributed by atoms with Crippen LogP contribution >= 0.6 is 0 Å². The highest BCUT2D eigenvalue weighted by atomic mass is 16.6. The first-order chi connectivity index (χ1) is 5.85. The van der Waals surface area contributed by atoms with E-state index in [0.717, 1.165) is 0 Å². The summed E-state index contributed by atoms with van der Waals surface area (Å²) >= 11 is 0. The summed E-state index contributed by atoms with van der Waals surface area (Å²) in [5.74, 6) is 0. The molecule has 0 aliphatic carbocycles. The minimum Gasteiger partial charge on any atom is -0.382 e. The Hall–Kier alpha value is -0.380. The second-order valence-corrected chi connectivity index (χ2v) is 2.36. The van der Waals surface area contributed by atoms with Gasteiger partial charge >= 0.3 is 0 Å². The Morgan fingerprint density at radius 2 is 2.17 bits per heavy atom. The quantitative estimate of drug-likeness (QED) is 0.518. The molecule has 3 heteroatoms. The predicted octanol–water partition coefficient (Wildman–Crippen LogP) is 1.24. The van der Waals surface area contributed by atoms with Gasteiger partial charge in [0.15, 0.2) is 0 Å². The van der Waals surface area contributed by atoms with Crippen LogP contribution in [-0.2, 0) is 14.2 Å². The predicted molar refractivity (Wildman–Crippen MR) is 48.3 cm³/mol. The van der Waals surface area contributed by atoms with E-state index in [2.05, 4.69) is 6.58 Å². The van der Waals surface area contributed by atoms with E-state index in [9.17, 15) is 0 Å². The molecule has 12 heavy (non-hydrogen) atoms. The summed E-state index contributed by atoms with van der Waals surface area (Å²) < 4.78 is 15.5. The first kappa shape index (κ1) is 11.6. The third-order valence-corrected chi connectivity index (χ3v) is 1.31. The Balaban J connectivity index is 3.46. The second kappa shape index (κ2) is 8.71. The minimum absolute atomic E-state index is 0.0212. The summed E-state index contributed by atoms with van der Waals surface area (Å²) in [5, 5.41) is 0. The molecular formula is C9H18O3. The maximum atomic E-state index is 5.37. The molecule has 0 saturated heterocycles. The summed E-state index contributed by atoms with van der Waals surface area (Å²) in [4.78, 5) is 0. The summed E-state index contributed by atoms with van der Waals surface area (Å²) in [6, 6.07) is 0. The number of methoxy groups -OCH3 is 1. The minimum atomic E-state index is 0.0212. The van der Waals surface area contributed by atoms with Gasteiger partial charge in [-0.3, -0.25) is 0 Å². The zero-order chi connectivity index (χ0) is 9.23. The van der Waals surface area contributed by atoms with Gasteiger partial charge in [-0.15, -0.1) is 6.58 Å². The first-order valence-corrected chi connectivity index (χ1v) is 4.14. The van der Waals surface area contributed by atoms with E-state index in [4.69, 9.17) is 14.2 Å². The number of ether oxygens (including phenoxy) is 3. The summed E-state index contributed by atoms with van der Waals surface area (Å²) in [6.07, 6.45) is 1.74. The van der Waals surface area contributed by atoms with E-state index in [-0.39, 0.29) is 6.10 Å². The molecule has 3 nitrogen and oxygen atoms in total. The van der Waals surface area contributed by atoms with Crippen molar-refractivity contribution in [3.8, 4) is 0 Å². The fourth-order valence-electron chi connectivity index (χ4n) is 0.784. The maximum absolute atomic E-state index is 5.37. The molecule has 0 aromatic carbocycles. The van der Waals surface area contributed by atoms with Gasteiger partial charge in [0, 0.05) is 13.7 Å². The monoisotopic (exact) mass is 174 g/mol. The fourth-order valence-corrected chi connectivity index (χ4v) is 0.784. The summed E-state index contributed by atoms with van der Waals surface area (Å²) in [7, 11) is 1.65. The SMILES string of the molecule is C=CCOC(COC)COCC. The molecule has 0 aromatic rings. The Morgan fingerprint density at radius 3 is 2.67 bits per heavy atom. The Morgan fingerprint density at radius 1 is 1.42 bits per heavy atom. The van der Waals surface area contributed by atoms with Crippen LogP contribution in [0.1, 0.15) is 6.92 Å². The van der Waals surface area contributed by atoms with Crippen LogP contribution in [-0.4, -0.2) is 39.6 Å². The third-order valence-electron chi connectivity index (χ3n) is 1.31. The van der Waals surface area contributed by atoms with Crippen LogP contribution in [0.3, 0.4) is 0 Å². The third kappa shape index (κ3) is 6.34. The number of hydrogen-bond donors (Lipinski definition) is 0. The van der Waals surface area contributed by atoms with Gasteiger partial charge in [0.25, 0.3) is 0 Å². The molecule has 0 N–H and O–H groups in total. The molecule has 0 bridgehead atoms. The van der Waals surface area contributed by atoms with E-state index in [1.165, 1.54) is 0 Å². The molecule has 72 valence electrons. The van der Waals surface area contributed by atoms with Gasteiger partial charge in [0.2, 0.25) is 0 Å². The van der Waals surface area contributed by atoms with Crippen molar-refractivity contribution < 1.29 is 14.2 Å². The molecule has 0 saturated carbocycles. The topological polar surface area (TPSA) is 27.7 Å². The standard InChI is InChI=1S/C9H18O3/c1-4-6-12-9(7-10-3)8-11-5-2/h4,9H,1,5-8H2,2-3H3. The molecule has 1 atom stereocenters. The molecule has 0 radical (unpaired) electrons. The van der Waals surface area contributed by atoms with E-state index in [1.807, 2.05) is 6.92 Å². The molecule has 1 unspecified atom stereocenters. The molecular weight excluding hydrogens is 156 g/mol. The molecule has 0 fully saturated rings. The normalized spacial score (nSPS) is 12.8.